The SMILES string of the molecule is CC(Oc1ccccc1)C(=O)NCCc1cc(Cl)c2c(c1)OCCO2. The number of hydrogen-bond acceptors (Lipinski definition) is 4. The second-order valence-electron chi connectivity index (χ2n) is 5.72. The van der Waals surface area contributed by atoms with Crippen molar-refractivity contribution in [3.8, 4) is 17.2 Å². The summed E-state index contributed by atoms with van der Waals surface area (Å²) in [6.07, 6.45) is 0.0754. The highest BCUT2D eigenvalue weighted by Crippen LogP contribution is 2.38. The lowest BCUT2D eigenvalue weighted by Gasteiger charge is -2.20. The van der Waals surface area contributed by atoms with Crippen LogP contribution in [0.1, 0.15) is 12.5 Å². The highest BCUT2D eigenvalue weighted by Gasteiger charge is 2.17. The summed E-state index contributed by atoms with van der Waals surface area (Å²) in [5.74, 6) is 1.75. The third-order valence-electron chi connectivity index (χ3n) is 3.79. The number of carbonyl (C=O) groups excluding carboxylic acids is 1. The summed E-state index contributed by atoms with van der Waals surface area (Å²) in [6.45, 7) is 3.22. The fourth-order valence-corrected chi connectivity index (χ4v) is 2.83. The van der Waals surface area contributed by atoms with Crippen molar-refractivity contribution in [2.45, 2.75) is 19.4 Å². The minimum Gasteiger partial charge on any atom is -0.486 e. The molecule has 0 saturated heterocycles. The summed E-state index contributed by atoms with van der Waals surface area (Å²) >= 11 is 6.22. The zero-order valence-electron chi connectivity index (χ0n) is 14.0. The van der Waals surface area contributed by atoms with Gasteiger partial charge in [-0.25, -0.2) is 0 Å². The lowest BCUT2D eigenvalue weighted by molar-refractivity contribution is -0.127. The summed E-state index contributed by atoms with van der Waals surface area (Å²) in [7, 11) is 0. The highest BCUT2D eigenvalue weighted by molar-refractivity contribution is 6.32. The van der Waals surface area contributed by atoms with E-state index < -0.39 is 6.10 Å². The van der Waals surface area contributed by atoms with E-state index >= 15 is 0 Å². The highest BCUT2D eigenvalue weighted by atomic mass is 35.5. The fourth-order valence-electron chi connectivity index (χ4n) is 2.54. The van der Waals surface area contributed by atoms with E-state index in [0.717, 1.165) is 5.56 Å². The van der Waals surface area contributed by atoms with Gasteiger partial charge in [0.2, 0.25) is 0 Å². The molecular formula is C19H20ClNO4. The zero-order valence-corrected chi connectivity index (χ0v) is 14.7. The van der Waals surface area contributed by atoms with Gasteiger partial charge in [-0.05, 0) is 43.2 Å². The molecule has 1 heterocycles. The van der Waals surface area contributed by atoms with Crippen molar-refractivity contribution in [1.29, 1.82) is 0 Å². The van der Waals surface area contributed by atoms with Crippen molar-refractivity contribution in [2.75, 3.05) is 19.8 Å². The summed E-state index contributed by atoms with van der Waals surface area (Å²) in [4.78, 5) is 12.1. The van der Waals surface area contributed by atoms with Gasteiger partial charge >= 0.3 is 0 Å². The monoisotopic (exact) mass is 361 g/mol. The number of halogens is 1. The van der Waals surface area contributed by atoms with Gasteiger partial charge in [-0.15, -0.1) is 0 Å². The van der Waals surface area contributed by atoms with Crippen LogP contribution < -0.4 is 19.5 Å². The maximum Gasteiger partial charge on any atom is 0.260 e. The average Bonchev–Trinajstić information content (AvgIpc) is 2.62. The smallest absolute Gasteiger partial charge is 0.260 e. The van der Waals surface area contributed by atoms with Crippen LogP contribution in [0.5, 0.6) is 17.2 Å². The van der Waals surface area contributed by atoms with Crippen LogP contribution >= 0.6 is 11.6 Å². The number of para-hydroxylation sites is 1. The van der Waals surface area contributed by atoms with Crippen molar-refractivity contribution in [3.05, 3.63) is 53.1 Å². The van der Waals surface area contributed by atoms with Crippen molar-refractivity contribution in [1.82, 2.24) is 5.32 Å². The Morgan fingerprint density at radius 2 is 2.00 bits per heavy atom. The van der Waals surface area contributed by atoms with E-state index in [2.05, 4.69) is 5.32 Å². The Balaban J connectivity index is 1.50. The molecule has 1 atom stereocenters. The molecule has 132 valence electrons. The Bertz CT molecular complexity index is 736. The maximum atomic E-state index is 12.1. The van der Waals surface area contributed by atoms with Gasteiger partial charge < -0.3 is 19.5 Å². The molecule has 0 fully saturated rings. The van der Waals surface area contributed by atoms with Crippen LogP contribution in [0.2, 0.25) is 5.02 Å². The number of rotatable bonds is 6. The van der Waals surface area contributed by atoms with E-state index in [1.165, 1.54) is 0 Å². The van der Waals surface area contributed by atoms with Crippen molar-refractivity contribution < 1.29 is 19.0 Å². The molecule has 6 heteroatoms. The molecule has 0 aliphatic carbocycles. The molecule has 0 spiro atoms. The third kappa shape index (κ3) is 4.57. The first-order chi connectivity index (χ1) is 12.1. The molecule has 3 rings (SSSR count). The van der Waals surface area contributed by atoms with E-state index in [0.29, 0.717) is 48.5 Å². The predicted molar refractivity (Wildman–Crippen MR) is 95.7 cm³/mol. The van der Waals surface area contributed by atoms with Crippen LogP contribution in [0.25, 0.3) is 0 Å². The zero-order chi connectivity index (χ0) is 17.6. The van der Waals surface area contributed by atoms with Crippen molar-refractivity contribution >= 4 is 17.5 Å². The quantitative estimate of drug-likeness (QED) is 0.858. The summed E-state index contributed by atoms with van der Waals surface area (Å²) < 4.78 is 16.7. The van der Waals surface area contributed by atoms with Crippen LogP contribution in [-0.2, 0) is 11.2 Å². The standard InChI is InChI=1S/C19H20ClNO4/c1-13(25-15-5-3-2-4-6-15)19(22)21-8-7-14-11-16(20)18-17(12-14)23-9-10-24-18/h2-6,11-13H,7-10H2,1H3,(H,21,22). The van der Waals surface area contributed by atoms with Crippen LogP contribution in [0.4, 0.5) is 0 Å². The first-order valence-corrected chi connectivity index (χ1v) is 8.59. The second-order valence-corrected chi connectivity index (χ2v) is 6.12. The van der Waals surface area contributed by atoms with Gasteiger partial charge in [-0.3, -0.25) is 4.79 Å². The molecule has 1 aliphatic rings. The van der Waals surface area contributed by atoms with E-state index in [1.807, 2.05) is 42.5 Å². The Labute approximate surface area is 151 Å². The van der Waals surface area contributed by atoms with Crippen LogP contribution in [-0.4, -0.2) is 31.8 Å². The molecule has 0 bridgehead atoms. The number of carbonyl (C=O) groups is 1. The third-order valence-corrected chi connectivity index (χ3v) is 4.08. The first kappa shape index (κ1) is 17.4. The minimum atomic E-state index is -0.564. The van der Waals surface area contributed by atoms with E-state index in [4.69, 9.17) is 25.8 Å². The lowest BCUT2D eigenvalue weighted by Crippen LogP contribution is -2.37. The fraction of sp³-hybridized carbons (Fsp3) is 0.316. The van der Waals surface area contributed by atoms with E-state index in [-0.39, 0.29) is 5.91 Å². The lowest BCUT2D eigenvalue weighted by atomic mass is 10.1. The summed E-state index contributed by atoms with van der Waals surface area (Å²) in [5.41, 5.74) is 0.978. The number of benzene rings is 2. The molecule has 1 amide bonds. The van der Waals surface area contributed by atoms with Gasteiger partial charge in [0.15, 0.2) is 17.6 Å². The molecule has 25 heavy (non-hydrogen) atoms. The summed E-state index contributed by atoms with van der Waals surface area (Å²) in [6, 6.07) is 13.0. The number of ether oxygens (including phenoxy) is 3. The van der Waals surface area contributed by atoms with E-state index in [9.17, 15) is 4.79 Å². The van der Waals surface area contributed by atoms with Gasteiger partial charge in [0.05, 0.1) is 5.02 Å². The Morgan fingerprint density at radius 3 is 2.80 bits per heavy atom. The number of fused-ring (bicyclic) bond motifs is 1. The van der Waals surface area contributed by atoms with Gasteiger partial charge in [-0.2, -0.15) is 0 Å². The molecule has 0 radical (unpaired) electrons. The van der Waals surface area contributed by atoms with Crippen LogP contribution in [0, 0.1) is 0 Å². The predicted octanol–water partition coefficient (Wildman–Crippen LogP) is 3.24. The van der Waals surface area contributed by atoms with Crippen molar-refractivity contribution in [2.24, 2.45) is 0 Å². The minimum absolute atomic E-state index is 0.160. The second kappa shape index (κ2) is 8.12. The van der Waals surface area contributed by atoms with E-state index in [1.54, 1.807) is 6.92 Å². The molecule has 2 aromatic rings. The number of amides is 1. The average molecular weight is 362 g/mol. The van der Waals surface area contributed by atoms with Crippen LogP contribution in [0.3, 0.4) is 0 Å². The topological polar surface area (TPSA) is 56.8 Å². The van der Waals surface area contributed by atoms with Crippen LogP contribution in [0.15, 0.2) is 42.5 Å². The maximum absolute atomic E-state index is 12.1. The van der Waals surface area contributed by atoms with Gasteiger partial charge in [0.25, 0.3) is 5.91 Å². The van der Waals surface area contributed by atoms with Gasteiger partial charge in [0.1, 0.15) is 19.0 Å². The normalized spacial score (nSPS) is 13.8. The van der Waals surface area contributed by atoms with Gasteiger partial charge in [0, 0.05) is 6.54 Å². The first-order valence-electron chi connectivity index (χ1n) is 8.21. The number of nitrogens with one attached hydrogen (secondary N) is 1. The molecule has 1 aliphatic heterocycles. The van der Waals surface area contributed by atoms with Gasteiger partial charge in [-0.1, -0.05) is 29.8 Å². The summed E-state index contributed by atoms with van der Waals surface area (Å²) in [5, 5.41) is 3.40. The molecule has 0 aromatic heterocycles. The Hall–Kier alpha value is -2.40. The molecule has 0 saturated carbocycles. The molecular weight excluding hydrogens is 342 g/mol. The number of hydrogen-bond donors (Lipinski definition) is 1. The Morgan fingerprint density at radius 1 is 1.24 bits per heavy atom. The van der Waals surface area contributed by atoms with Crippen molar-refractivity contribution in [3.63, 3.8) is 0 Å². The largest absolute Gasteiger partial charge is 0.486 e. The molecule has 2 aromatic carbocycles. The Kier molecular flexibility index (Phi) is 5.66. The molecule has 1 N–H and O–H groups in total. The molecule has 1 unspecified atom stereocenters. The molecule has 5 nitrogen and oxygen atoms in total.